The van der Waals surface area contributed by atoms with Crippen molar-refractivity contribution in [2.75, 3.05) is 19.7 Å². The third-order valence-corrected chi connectivity index (χ3v) is 2.88. The number of hydrogen-bond donors (Lipinski definition) is 0. The first kappa shape index (κ1) is 13.8. The van der Waals surface area contributed by atoms with Crippen molar-refractivity contribution in [2.45, 2.75) is 33.7 Å². The average Bonchev–Trinajstić information content (AvgIpc) is 2.80. The highest BCUT2D eigenvalue weighted by Gasteiger charge is 2.19. The zero-order valence-corrected chi connectivity index (χ0v) is 11.0. The van der Waals surface area contributed by atoms with E-state index in [4.69, 9.17) is 9.15 Å². The zero-order valence-electron chi connectivity index (χ0n) is 11.0. The highest BCUT2D eigenvalue weighted by molar-refractivity contribution is 5.86. The maximum Gasteiger partial charge on any atom is 0.374 e. The second-order valence-corrected chi connectivity index (χ2v) is 3.82. The first-order valence-electron chi connectivity index (χ1n) is 6.14. The highest BCUT2D eigenvalue weighted by Crippen LogP contribution is 2.22. The van der Waals surface area contributed by atoms with Gasteiger partial charge in [-0.2, -0.15) is 0 Å². The van der Waals surface area contributed by atoms with Crippen LogP contribution in [0.25, 0.3) is 0 Å². The lowest BCUT2D eigenvalue weighted by atomic mass is 10.2. The molecule has 0 spiro atoms. The fourth-order valence-corrected chi connectivity index (χ4v) is 1.84. The molecule has 0 aromatic carbocycles. The predicted molar refractivity (Wildman–Crippen MR) is 66.0 cm³/mol. The molecular formula is C13H21NO3. The molecule has 0 bridgehead atoms. The van der Waals surface area contributed by atoms with Gasteiger partial charge in [-0.05, 0) is 39.1 Å². The van der Waals surface area contributed by atoms with Crippen molar-refractivity contribution in [1.29, 1.82) is 0 Å². The molecule has 1 aromatic heterocycles. The number of hydrogen-bond acceptors (Lipinski definition) is 4. The first-order chi connectivity index (χ1) is 8.13. The minimum atomic E-state index is -0.398. The molecule has 0 N–H and O–H groups in total. The first-order valence-corrected chi connectivity index (χ1v) is 6.14. The second kappa shape index (κ2) is 6.45. The van der Waals surface area contributed by atoms with Gasteiger partial charge in [0.15, 0.2) is 0 Å². The Balaban J connectivity index is 2.76. The molecule has 0 amide bonds. The van der Waals surface area contributed by atoms with Crippen LogP contribution in [0.4, 0.5) is 0 Å². The van der Waals surface area contributed by atoms with Gasteiger partial charge >= 0.3 is 5.97 Å². The maximum absolute atomic E-state index is 11.5. The number of furan rings is 1. The highest BCUT2D eigenvalue weighted by atomic mass is 16.5. The van der Waals surface area contributed by atoms with Gasteiger partial charge in [-0.15, -0.1) is 0 Å². The lowest BCUT2D eigenvalue weighted by Gasteiger charge is -2.24. The smallest absolute Gasteiger partial charge is 0.374 e. The molecule has 4 nitrogen and oxygen atoms in total. The monoisotopic (exact) mass is 239 g/mol. The molecule has 0 unspecified atom stereocenters. The lowest BCUT2D eigenvalue weighted by molar-refractivity contribution is 0.0484. The summed E-state index contributed by atoms with van der Waals surface area (Å²) < 4.78 is 10.4. The number of esters is 1. The Kier molecular flexibility index (Phi) is 5.22. The lowest BCUT2D eigenvalue weighted by Crippen LogP contribution is -2.26. The van der Waals surface area contributed by atoms with Gasteiger partial charge in [-0.1, -0.05) is 13.8 Å². The van der Waals surface area contributed by atoms with Crippen molar-refractivity contribution in [2.24, 2.45) is 0 Å². The second-order valence-electron chi connectivity index (χ2n) is 3.82. The van der Waals surface area contributed by atoms with E-state index in [2.05, 4.69) is 25.7 Å². The number of carbonyl (C=O) groups is 1. The number of carbonyl (C=O) groups excluding carboxylic acids is 1. The van der Waals surface area contributed by atoms with E-state index in [1.807, 2.05) is 6.07 Å². The fourth-order valence-electron chi connectivity index (χ4n) is 1.84. The van der Waals surface area contributed by atoms with E-state index in [0.29, 0.717) is 6.61 Å². The molecule has 0 aliphatic heterocycles. The van der Waals surface area contributed by atoms with Gasteiger partial charge in [0.1, 0.15) is 5.76 Å². The largest absolute Gasteiger partial charge is 0.460 e. The quantitative estimate of drug-likeness (QED) is 0.716. The van der Waals surface area contributed by atoms with Crippen molar-refractivity contribution in [3.8, 4) is 0 Å². The van der Waals surface area contributed by atoms with E-state index in [1.165, 1.54) is 0 Å². The molecule has 96 valence electrons. The van der Waals surface area contributed by atoms with E-state index in [1.54, 1.807) is 13.0 Å². The van der Waals surface area contributed by atoms with Crippen molar-refractivity contribution in [3.63, 3.8) is 0 Å². The predicted octanol–water partition coefficient (Wildman–Crippen LogP) is 2.86. The van der Waals surface area contributed by atoms with Crippen LogP contribution < -0.4 is 0 Å². The van der Waals surface area contributed by atoms with Crippen molar-refractivity contribution < 1.29 is 13.9 Å². The molecule has 0 aliphatic carbocycles. The molecule has 0 saturated heterocycles. The Morgan fingerprint density at radius 2 is 2.00 bits per heavy atom. The normalized spacial score (nSPS) is 12.8. The average molecular weight is 239 g/mol. The Bertz CT molecular complexity index is 355. The summed E-state index contributed by atoms with van der Waals surface area (Å²) in [5, 5.41) is 0. The molecule has 1 atom stereocenters. The third-order valence-electron chi connectivity index (χ3n) is 2.88. The summed E-state index contributed by atoms with van der Waals surface area (Å²) in [5.41, 5.74) is 0. The molecule has 1 rings (SSSR count). The van der Waals surface area contributed by atoms with Gasteiger partial charge in [0.05, 0.1) is 12.6 Å². The van der Waals surface area contributed by atoms with Crippen LogP contribution in [-0.4, -0.2) is 30.6 Å². The van der Waals surface area contributed by atoms with Crippen LogP contribution in [-0.2, 0) is 4.74 Å². The molecular weight excluding hydrogens is 218 g/mol. The Labute approximate surface area is 103 Å². The van der Waals surface area contributed by atoms with Crippen LogP contribution in [0.1, 0.15) is 50.1 Å². The molecule has 1 aromatic rings. The van der Waals surface area contributed by atoms with Crippen LogP contribution in [0, 0.1) is 0 Å². The molecule has 1 heterocycles. The zero-order chi connectivity index (χ0) is 12.8. The minimum absolute atomic E-state index is 0.174. The van der Waals surface area contributed by atoms with Crippen LogP contribution in [0.5, 0.6) is 0 Å². The van der Waals surface area contributed by atoms with Gasteiger partial charge in [0, 0.05) is 0 Å². The van der Waals surface area contributed by atoms with E-state index >= 15 is 0 Å². The number of ether oxygens (including phenoxy) is 1. The van der Waals surface area contributed by atoms with Crippen molar-refractivity contribution in [1.82, 2.24) is 4.90 Å². The Morgan fingerprint density at radius 3 is 2.53 bits per heavy atom. The SMILES string of the molecule is CCOC(=O)c1ccc([C@@H](C)N(CC)CC)o1. The molecule has 0 fully saturated rings. The maximum atomic E-state index is 11.5. The van der Waals surface area contributed by atoms with Gasteiger partial charge in [-0.3, -0.25) is 4.90 Å². The summed E-state index contributed by atoms with van der Waals surface area (Å²) in [5.74, 6) is 0.683. The molecule has 0 radical (unpaired) electrons. The van der Waals surface area contributed by atoms with Crippen LogP contribution in [0.2, 0.25) is 0 Å². The van der Waals surface area contributed by atoms with Crippen molar-refractivity contribution >= 4 is 5.97 Å². The van der Waals surface area contributed by atoms with E-state index < -0.39 is 5.97 Å². The summed E-state index contributed by atoms with van der Waals surface area (Å²) in [6.07, 6.45) is 0. The van der Waals surface area contributed by atoms with Crippen LogP contribution in [0.3, 0.4) is 0 Å². The van der Waals surface area contributed by atoms with Gasteiger partial charge < -0.3 is 9.15 Å². The number of nitrogens with zero attached hydrogens (tertiary/aromatic N) is 1. The molecule has 0 saturated carbocycles. The fraction of sp³-hybridized carbons (Fsp3) is 0.615. The van der Waals surface area contributed by atoms with Gasteiger partial charge in [0.2, 0.25) is 5.76 Å². The summed E-state index contributed by atoms with van der Waals surface area (Å²) in [6.45, 7) is 10.3. The molecule has 4 heteroatoms. The molecule has 17 heavy (non-hydrogen) atoms. The van der Waals surface area contributed by atoms with E-state index in [9.17, 15) is 4.79 Å². The van der Waals surface area contributed by atoms with Gasteiger partial charge in [0.25, 0.3) is 0 Å². The minimum Gasteiger partial charge on any atom is -0.460 e. The van der Waals surface area contributed by atoms with Gasteiger partial charge in [-0.25, -0.2) is 4.79 Å². The van der Waals surface area contributed by atoms with E-state index in [-0.39, 0.29) is 11.8 Å². The topological polar surface area (TPSA) is 42.7 Å². The third kappa shape index (κ3) is 3.33. The summed E-state index contributed by atoms with van der Waals surface area (Å²) in [4.78, 5) is 13.7. The standard InChI is InChI=1S/C13H21NO3/c1-5-14(6-2)10(4)11-8-9-12(17-11)13(15)16-7-3/h8-10H,5-7H2,1-4H3/t10-/m1/s1. The number of rotatable bonds is 6. The van der Waals surface area contributed by atoms with E-state index in [0.717, 1.165) is 18.8 Å². The Morgan fingerprint density at radius 1 is 1.35 bits per heavy atom. The van der Waals surface area contributed by atoms with Crippen molar-refractivity contribution in [3.05, 3.63) is 23.7 Å². The molecule has 0 aliphatic rings. The summed E-state index contributed by atoms with van der Waals surface area (Å²) in [6, 6.07) is 3.69. The Hall–Kier alpha value is -1.29. The summed E-state index contributed by atoms with van der Waals surface area (Å²) >= 11 is 0. The van der Waals surface area contributed by atoms with Crippen LogP contribution in [0.15, 0.2) is 16.5 Å². The van der Waals surface area contributed by atoms with Crippen LogP contribution >= 0.6 is 0 Å². The summed E-state index contributed by atoms with van der Waals surface area (Å²) in [7, 11) is 0.